The van der Waals surface area contributed by atoms with E-state index in [0.29, 0.717) is 17.6 Å². The number of benzene rings is 2. The Balaban J connectivity index is 0.000000356. The molecule has 3 unspecified atom stereocenters. The predicted molar refractivity (Wildman–Crippen MR) is 141 cm³/mol. The fraction of sp³-hybridized carbons (Fsp3) is 0.519. The number of rotatable bonds is 6. The number of carbonyl (C=O) groups is 1. The number of halogens is 2. The Morgan fingerprint density at radius 3 is 2.46 bits per heavy atom. The molecule has 2 aromatic rings. The van der Waals surface area contributed by atoms with Crippen LogP contribution in [0, 0.1) is 17.7 Å². The van der Waals surface area contributed by atoms with E-state index in [0.717, 1.165) is 63.7 Å². The summed E-state index contributed by atoms with van der Waals surface area (Å²) in [5.74, 6) is 1.02. The lowest BCUT2D eigenvalue weighted by molar-refractivity contribution is 0.141. The number of para-hydroxylation sites is 1. The highest BCUT2D eigenvalue weighted by Gasteiger charge is 2.51. The third-order valence-corrected chi connectivity index (χ3v) is 7.70. The number of piperazine rings is 1. The number of hydrogen-bond acceptors (Lipinski definition) is 4. The number of fused-ring (bicyclic) bond motifs is 1. The zero-order valence-electron chi connectivity index (χ0n) is 20.5. The van der Waals surface area contributed by atoms with E-state index in [1.807, 2.05) is 35.2 Å². The number of likely N-dealkylation sites (N-methyl/N-ethyl adjacent to an activating group) is 1. The van der Waals surface area contributed by atoms with Crippen LogP contribution in [0.1, 0.15) is 25.7 Å². The first-order valence-corrected chi connectivity index (χ1v) is 13.0. The molecule has 190 valence electrons. The zero-order chi connectivity index (χ0) is 24.8. The van der Waals surface area contributed by atoms with Crippen LogP contribution in [-0.2, 0) is 0 Å². The first-order valence-electron chi connectivity index (χ1n) is 12.6. The minimum absolute atomic E-state index is 0.0301. The van der Waals surface area contributed by atoms with Crippen molar-refractivity contribution < 1.29 is 9.18 Å². The van der Waals surface area contributed by atoms with E-state index in [4.69, 9.17) is 17.3 Å². The molecule has 35 heavy (non-hydrogen) atoms. The average molecular weight is 502 g/mol. The van der Waals surface area contributed by atoms with Crippen molar-refractivity contribution in [2.24, 2.45) is 11.8 Å². The van der Waals surface area contributed by atoms with Crippen LogP contribution in [-0.4, -0.2) is 73.1 Å². The van der Waals surface area contributed by atoms with Crippen LogP contribution >= 0.6 is 11.6 Å². The van der Waals surface area contributed by atoms with Gasteiger partial charge in [0.2, 0.25) is 0 Å². The van der Waals surface area contributed by atoms with Gasteiger partial charge >= 0.3 is 6.03 Å². The van der Waals surface area contributed by atoms with Gasteiger partial charge in [0, 0.05) is 50.1 Å². The molecule has 3 fully saturated rings. The molecule has 1 aliphatic heterocycles. The standard InChI is InChI=1S/C21H30ClFN4O.C6H7N/c1-25-9-11-26(12-10-25)7-2-8-27(20-6-3-15-13-17(15)20)21(28)24-16-4-5-19(23)18(22)14-16;7-6-4-2-1-3-5-6/h4-5,14-15,17,20H,2-3,6-13H2,1H3,(H,24,28);1-5H,7H2. The van der Waals surface area contributed by atoms with Gasteiger partial charge in [-0.05, 0) is 81.4 Å². The van der Waals surface area contributed by atoms with E-state index in [-0.39, 0.29) is 11.1 Å². The molecule has 6 nitrogen and oxygen atoms in total. The Bertz CT molecular complexity index is 969. The number of nitrogen functional groups attached to an aromatic ring is 1. The number of nitrogens with zero attached hydrogens (tertiary/aromatic N) is 3. The number of hydrogen-bond donors (Lipinski definition) is 2. The molecule has 0 bridgehead atoms. The Kier molecular flexibility index (Phi) is 8.87. The zero-order valence-corrected chi connectivity index (χ0v) is 21.3. The summed E-state index contributed by atoms with van der Waals surface area (Å²) in [5, 5.41) is 2.97. The van der Waals surface area contributed by atoms with E-state index >= 15 is 0 Å². The summed E-state index contributed by atoms with van der Waals surface area (Å²) in [6.45, 7) is 6.22. The third-order valence-electron chi connectivity index (χ3n) is 7.41. The van der Waals surface area contributed by atoms with Crippen LogP contribution in [0.25, 0.3) is 0 Å². The van der Waals surface area contributed by atoms with Crippen LogP contribution in [0.4, 0.5) is 20.6 Å². The normalized spacial score (nSPS) is 23.7. The van der Waals surface area contributed by atoms with E-state index in [2.05, 4.69) is 22.2 Å². The first-order chi connectivity index (χ1) is 16.9. The number of amides is 2. The van der Waals surface area contributed by atoms with Crippen LogP contribution in [0.15, 0.2) is 48.5 Å². The first kappa shape index (κ1) is 25.7. The largest absolute Gasteiger partial charge is 0.399 e. The summed E-state index contributed by atoms with van der Waals surface area (Å²) in [5.41, 5.74) is 6.73. The Morgan fingerprint density at radius 1 is 1.14 bits per heavy atom. The van der Waals surface area contributed by atoms with Crippen molar-refractivity contribution >= 4 is 29.0 Å². The van der Waals surface area contributed by atoms with Gasteiger partial charge < -0.3 is 25.8 Å². The van der Waals surface area contributed by atoms with E-state index in [9.17, 15) is 9.18 Å². The fourth-order valence-electron chi connectivity index (χ4n) is 5.24. The maximum Gasteiger partial charge on any atom is 0.322 e. The minimum Gasteiger partial charge on any atom is -0.399 e. The fourth-order valence-corrected chi connectivity index (χ4v) is 5.42. The molecule has 3 aliphatic rings. The molecule has 2 aromatic carbocycles. The van der Waals surface area contributed by atoms with Crippen molar-refractivity contribution in [2.75, 3.05) is 57.4 Å². The van der Waals surface area contributed by atoms with Gasteiger partial charge in [0.25, 0.3) is 0 Å². The van der Waals surface area contributed by atoms with E-state index in [1.165, 1.54) is 25.0 Å². The summed E-state index contributed by atoms with van der Waals surface area (Å²) in [4.78, 5) is 19.9. The number of urea groups is 1. The van der Waals surface area contributed by atoms with Crippen LogP contribution < -0.4 is 11.1 Å². The molecular weight excluding hydrogens is 465 g/mol. The Morgan fingerprint density at radius 2 is 1.89 bits per heavy atom. The van der Waals surface area contributed by atoms with Crippen molar-refractivity contribution in [3.8, 4) is 0 Å². The Hall–Kier alpha value is -2.35. The third kappa shape index (κ3) is 7.32. The quantitative estimate of drug-likeness (QED) is 0.546. The van der Waals surface area contributed by atoms with Gasteiger partial charge in [-0.2, -0.15) is 0 Å². The summed E-state index contributed by atoms with van der Waals surface area (Å²) in [6, 6.07) is 14.1. The molecule has 2 saturated carbocycles. The Labute approximate surface area is 213 Å². The second-order valence-electron chi connectivity index (χ2n) is 9.97. The molecule has 2 aliphatic carbocycles. The van der Waals surface area contributed by atoms with E-state index < -0.39 is 5.82 Å². The second-order valence-corrected chi connectivity index (χ2v) is 10.4. The highest BCUT2D eigenvalue weighted by Crippen LogP contribution is 2.53. The smallest absolute Gasteiger partial charge is 0.322 e. The maximum absolute atomic E-state index is 13.4. The number of nitrogens with two attached hydrogens (primary N) is 1. The van der Waals surface area contributed by atoms with Gasteiger partial charge in [-0.3, -0.25) is 0 Å². The molecule has 5 rings (SSSR count). The van der Waals surface area contributed by atoms with Gasteiger partial charge in [0.1, 0.15) is 5.82 Å². The van der Waals surface area contributed by atoms with Crippen molar-refractivity contribution in [1.82, 2.24) is 14.7 Å². The van der Waals surface area contributed by atoms with Crippen LogP contribution in [0.3, 0.4) is 0 Å². The van der Waals surface area contributed by atoms with Crippen LogP contribution in [0.5, 0.6) is 0 Å². The summed E-state index contributed by atoms with van der Waals surface area (Å²) in [7, 11) is 2.16. The van der Waals surface area contributed by atoms with Crippen molar-refractivity contribution in [1.29, 1.82) is 0 Å². The molecule has 2 amide bonds. The lowest BCUT2D eigenvalue weighted by atomic mass is 10.1. The van der Waals surface area contributed by atoms with E-state index in [1.54, 1.807) is 6.07 Å². The highest BCUT2D eigenvalue weighted by atomic mass is 35.5. The van der Waals surface area contributed by atoms with Crippen molar-refractivity contribution in [2.45, 2.75) is 31.7 Å². The predicted octanol–water partition coefficient (Wildman–Crippen LogP) is 5.02. The second kappa shape index (κ2) is 12.1. The van der Waals surface area contributed by atoms with Gasteiger partial charge in [-0.1, -0.05) is 29.8 Å². The molecule has 0 spiro atoms. The van der Waals surface area contributed by atoms with Gasteiger partial charge in [0.05, 0.1) is 5.02 Å². The monoisotopic (exact) mass is 501 g/mol. The van der Waals surface area contributed by atoms with Gasteiger partial charge in [-0.15, -0.1) is 0 Å². The molecule has 0 aromatic heterocycles. The lowest BCUT2D eigenvalue weighted by Gasteiger charge is -2.34. The molecule has 1 saturated heterocycles. The summed E-state index contributed by atoms with van der Waals surface area (Å²) < 4.78 is 13.4. The number of nitrogens with one attached hydrogen (secondary N) is 1. The topological polar surface area (TPSA) is 64.8 Å². The molecular formula is C27H37ClFN5O. The lowest BCUT2D eigenvalue weighted by Crippen LogP contribution is -2.47. The van der Waals surface area contributed by atoms with Crippen molar-refractivity contribution in [3.63, 3.8) is 0 Å². The molecule has 8 heteroatoms. The molecule has 0 radical (unpaired) electrons. The summed E-state index contributed by atoms with van der Waals surface area (Å²) in [6.07, 6.45) is 4.58. The summed E-state index contributed by atoms with van der Waals surface area (Å²) >= 11 is 5.86. The van der Waals surface area contributed by atoms with Crippen LogP contribution in [0.2, 0.25) is 5.02 Å². The number of carbonyl (C=O) groups excluding carboxylic acids is 1. The SMILES string of the molecule is CN1CCN(CCCN(C(=O)Nc2ccc(F)c(Cl)c2)C2CCC3CC32)CC1.Nc1ccccc1. The minimum atomic E-state index is -0.472. The molecule has 3 atom stereocenters. The highest BCUT2D eigenvalue weighted by molar-refractivity contribution is 6.31. The van der Waals surface area contributed by atoms with Gasteiger partial charge in [0.15, 0.2) is 0 Å². The van der Waals surface area contributed by atoms with Crippen molar-refractivity contribution in [3.05, 3.63) is 59.4 Å². The average Bonchev–Trinajstić information content (AvgIpc) is 3.52. The number of anilines is 2. The molecule has 3 N–H and O–H groups in total. The molecule has 1 heterocycles. The van der Waals surface area contributed by atoms with Gasteiger partial charge in [-0.25, -0.2) is 9.18 Å². The maximum atomic E-state index is 13.4.